The molecule has 1 atom stereocenters. The number of hydrogen-bond donors (Lipinski definition) is 2. The monoisotopic (exact) mass is 245 g/mol. The molecule has 0 saturated carbocycles. The fraction of sp³-hybridized carbons (Fsp3) is 0.231. The van der Waals surface area contributed by atoms with Crippen LogP contribution in [0.2, 0.25) is 0 Å². The molecule has 2 aromatic rings. The Morgan fingerprint density at radius 3 is 3.06 bits per heavy atom. The van der Waals surface area contributed by atoms with Gasteiger partial charge in [0.25, 0.3) is 5.91 Å². The van der Waals surface area contributed by atoms with Crippen molar-refractivity contribution in [3.8, 4) is 0 Å². The zero-order valence-electron chi connectivity index (χ0n) is 10.1. The molecule has 0 bridgehead atoms. The number of anilines is 1. The summed E-state index contributed by atoms with van der Waals surface area (Å²) >= 11 is 0. The number of aromatic nitrogens is 1. The summed E-state index contributed by atoms with van der Waals surface area (Å²) in [4.78, 5) is 15.8. The van der Waals surface area contributed by atoms with Crippen molar-refractivity contribution in [2.45, 2.75) is 19.4 Å². The minimum Gasteiger partial charge on any atom is -0.469 e. The van der Waals surface area contributed by atoms with E-state index in [4.69, 9.17) is 10.2 Å². The highest BCUT2D eigenvalue weighted by Gasteiger charge is 2.13. The lowest BCUT2D eigenvalue weighted by Crippen LogP contribution is -2.34. The van der Waals surface area contributed by atoms with Gasteiger partial charge >= 0.3 is 0 Å². The Morgan fingerprint density at radius 2 is 2.39 bits per heavy atom. The maximum Gasteiger partial charge on any atom is 0.255 e. The van der Waals surface area contributed by atoms with E-state index in [1.807, 2.05) is 19.1 Å². The van der Waals surface area contributed by atoms with Crippen molar-refractivity contribution in [2.75, 3.05) is 5.73 Å². The van der Waals surface area contributed by atoms with Gasteiger partial charge in [-0.05, 0) is 25.1 Å². The van der Waals surface area contributed by atoms with E-state index in [0.717, 1.165) is 5.76 Å². The second-order valence-corrected chi connectivity index (χ2v) is 4.12. The van der Waals surface area contributed by atoms with E-state index < -0.39 is 0 Å². The minimum absolute atomic E-state index is 0.0387. The SMILES string of the molecule is CC(Cc1ccco1)NC(=O)c1cnccc1N. The standard InChI is InChI=1S/C13H15N3O2/c1-9(7-10-3-2-6-18-10)16-13(17)11-8-15-5-4-12(11)14/h2-6,8-9H,7H2,1H3,(H2,14,15)(H,16,17). The van der Waals surface area contributed by atoms with Crippen molar-refractivity contribution in [1.29, 1.82) is 0 Å². The minimum atomic E-state index is -0.223. The largest absolute Gasteiger partial charge is 0.469 e. The number of carbonyl (C=O) groups excluding carboxylic acids is 1. The van der Waals surface area contributed by atoms with E-state index in [-0.39, 0.29) is 11.9 Å². The highest BCUT2D eigenvalue weighted by atomic mass is 16.3. The molecule has 0 aromatic carbocycles. The molecule has 5 nitrogen and oxygen atoms in total. The summed E-state index contributed by atoms with van der Waals surface area (Å²) in [5, 5.41) is 2.86. The molecule has 0 aliphatic rings. The molecule has 3 N–H and O–H groups in total. The van der Waals surface area contributed by atoms with Gasteiger partial charge < -0.3 is 15.5 Å². The second-order valence-electron chi connectivity index (χ2n) is 4.12. The maximum atomic E-state index is 11.9. The van der Waals surface area contributed by atoms with Crippen LogP contribution in [0, 0.1) is 0 Å². The molecule has 5 heteroatoms. The summed E-state index contributed by atoms with van der Waals surface area (Å²) in [6.07, 6.45) is 5.27. The quantitative estimate of drug-likeness (QED) is 0.857. The molecule has 2 aromatic heterocycles. The van der Waals surface area contributed by atoms with Gasteiger partial charge in [0.15, 0.2) is 0 Å². The first-order valence-electron chi connectivity index (χ1n) is 5.69. The first-order chi connectivity index (χ1) is 8.66. The number of rotatable bonds is 4. The van der Waals surface area contributed by atoms with Crippen LogP contribution in [0.15, 0.2) is 41.3 Å². The lowest BCUT2D eigenvalue weighted by atomic mass is 10.1. The van der Waals surface area contributed by atoms with Crippen LogP contribution in [-0.2, 0) is 6.42 Å². The van der Waals surface area contributed by atoms with Crippen molar-refractivity contribution in [2.24, 2.45) is 0 Å². The van der Waals surface area contributed by atoms with E-state index in [2.05, 4.69) is 10.3 Å². The van der Waals surface area contributed by atoms with Crippen LogP contribution in [-0.4, -0.2) is 16.9 Å². The molecular weight excluding hydrogens is 230 g/mol. The highest BCUT2D eigenvalue weighted by Crippen LogP contribution is 2.09. The first kappa shape index (κ1) is 12.2. The number of carbonyl (C=O) groups is 1. The van der Waals surface area contributed by atoms with Crippen molar-refractivity contribution in [1.82, 2.24) is 10.3 Å². The summed E-state index contributed by atoms with van der Waals surface area (Å²) in [6.45, 7) is 1.91. The molecule has 2 heterocycles. The predicted octanol–water partition coefficient (Wildman–Crippen LogP) is 1.62. The Kier molecular flexibility index (Phi) is 3.62. The van der Waals surface area contributed by atoms with Crippen molar-refractivity contribution in [3.63, 3.8) is 0 Å². The van der Waals surface area contributed by atoms with E-state index in [1.54, 1.807) is 18.5 Å². The Balaban J connectivity index is 1.97. The normalized spacial score (nSPS) is 12.1. The lowest BCUT2D eigenvalue weighted by molar-refractivity contribution is 0.0940. The fourth-order valence-electron chi connectivity index (χ4n) is 1.68. The number of amides is 1. The predicted molar refractivity (Wildman–Crippen MR) is 68.0 cm³/mol. The van der Waals surface area contributed by atoms with Crippen LogP contribution >= 0.6 is 0 Å². The molecular formula is C13H15N3O2. The fourth-order valence-corrected chi connectivity index (χ4v) is 1.68. The Hall–Kier alpha value is -2.30. The molecule has 0 aliphatic carbocycles. The highest BCUT2D eigenvalue weighted by molar-refractivity contribution is 5.98. The summed E-state index contributed by atoms with van der Waals surface area (Å²) in [6, 6.07) is 5.26. The van der Waals surface area contributed by atoms with Crippen LogP contribution < -0.4 is 11.1 Å². The van der Waals surface area contributed by atoms with Crippen LogP contribution in [0.1, 0.15) is 23.0 Å². The van der Waals surface area contributed by atoms with Crippen LogP contribution in [0.25, 0.3) is 0 Å². The summed E-state index contributed by atoms with van der Waals surface area (Å²) in [7, 11) is 0. The summed E-state index contributed by atoms with van der Waals surface area (Å²) in [5.74, 6) is 0.613. The Labute approximate surface area is 105 Å². The summed E-state index contributed by atoms with van der Waals surface area (Å²) < 4.78 is 5.23. The molecule has 0 spiro atoms. The van der Waals surface area contributed by atoms with Gasteiger partial charge in [0.05, 0.1) is 11.8 Å². The Morgan fingerprint density at radius 1 is 1.56 bits per heavy atom. The molecule has 1 amide bonds. The molecule has 0 radical (unpaired) electrons. The third-order valence-electron chi connectivity index (χ3n) is 2.56. The van der Waals surface area contributed by atoms with Gasteiger partial charge in [0.1, 0.15) is 5.76 Å². The van der Waals surface area contributed by atoms with Gasteiger partial charge in [-0.1, -0.05) is 0 Å². The zero-order chi connectivity index (χ0) is 13.0. The molecule has 1 unspecified atom stereocenters. The average molecular weight is 245 g/mol. The maximum absolute atomic E-state index is 11.9. The average Bonchev–Trinajstić information content (AvgIpc) is 2.82. The lowest BCUT2D eigenvalue weighted by Gasteiger charge is -2.13. The Bertz CT molecular complexity index is 523. The van der Waals surface area contributed by atoms with E-state index in [1.165, 1.54) is 6.20 Å². The molecule has 0 fully saturated rings. The third-order valence-corrected chi connectivity index (χ3v) is 2.56. The molecule has 18 heavy (non-hydrogen) atoms. The molecule has 2 rings (SSSR count). The molecule has 0 saturated heterocycles. The number of nitrogen functional groups attached to an aromatic ring is 1. The third kappa shape index (κ3) is 2.88. The van der Waals surface area contributed by atoms with Gasteiger partial charge in [0, 0.05) is 30.5 Å². The topological polar surface area (TPSA) is 81.2 Å². The second kappa shape index (κ2) is 5.35. The smallest absolute Gasteiger partial charge is 0.255 e. The zero-order valence-corrected chi connectivity index (χ0v) is 10.1. The van der Waals surface area contributed by atoms with E-state index in [0.29, 0.717) is 17.7 Å². The molecule has 94 valence electrons. The van der Waals surface area contributed by atoms with Crippen molar-refractivity contribution >= 4 is 11.6 Å². The van der Waals surface area contributed by atoms with E-state index >= 15 is 0 Å². The van der Waals surface area contributed by atoms with Crippen molar-refractivity contribution in [3.05, 3.63) is 48.2 Å². The van der Waals surface area contributed by atoms with Gasteiger partial charge in [-0.15, -0.1) is 0 Å². The van der Waals surface area contributed by atoms with Crippen LogP contribution in [0.4, 0.5) is 5.69 Å². The molecule has 0 aliphatic heterocycles. The number of nitrogens with one attached hydrogen (secondary N) is 1. The van der Waals surface area contributed by atoms with Gasteiger partial charge in [0.2, 0.25) is 0 Å². The number of nitrogens with two attached hydrogens (primary N) is 1. The first-order valence-corrected chi connectivity index (χ1v) is 5.69. The number of pyridine rings is 1. The summed E-state index contributed by atoms with van der Waals surface area (Å²) in [5.41, 5.74) is 6.53. The van der Waals surface area contributed by atoms with Crippen LogP contribution in [0.5, 0.6) is 0 Å². The van der Waals surface area contributed by atoms with Gasteiger partial charge in [-0.3, -0.25) is 9.78 Å². The number of furan rings is 1. The van der Waals surface area contributed by atoms with Crippen LogP contribution in [0.3, 0.4) is 0 Å². The van der Waals surface area contributed by atoms with Crippen molar-refractivity contribution < 1.29 is 9.21 Å². The van der Waals surface area contributed by atoms with Gasteiger partial charge in [-0.2, -0.15) is 0 Å². The number of nitrogens with zero attached hydrogens (tertiary/aromatic N) is 1. The number of hydrogen-bond acceptors (Lipinski definition) is 4. The van der Waals surface area contributed by atoms with E-state index in [9.17, 15) is 4.79 Å². The van der Waals surface area contributed by atoms with Gasteiger partial charge in [-0.25, -0.2) is 0 Å².